The van der Waals surface area contributed by atoms with Crippen molar-refractivity contribution in [1.29, 1.82) is 0 Å². The third-order valence-electron chi connectivity index (χ3n) is 5.46. The van der Waals surface area contributed by atoms with E-state index in [1.807, 2.05) is 0 Å². The van der Waals surface area contributed by atoms with E-state index >= 15 is 0 Å². The van der Waals surface area contributed by atoms with E-state index < -0.39 is 29.5 Å². The normalized spacial score (nSPS) is 12.6. The SMILES string of the molecule is COc1nn(C(=O)OC(C)(C)C)c2cc(OCCN(C[C@H](O)c3ccc(Cl)c(N)c3)C(=O)OC(C)(C)C)ccc12. The van der Waals surface area contributed by atoms with Crippen LogP contribution < -0.4 is 15.2 Å². The number of halogens is 1. The number of aliphatic hydroxyl groups is 1. The van der Waals surface area contributed by atoms with Gasteiger partial charge in [0.25, 0.3) is 0 Å². The number of ether oxygens (including phenoxy) is 4. The monoisotopic (exact) mass is 576 g/mol. The van der Waals surface area contributed by atoms with Crippen LogP contribution in [0.2, 0.25) is 5.02 Å². The number of hydrogen-bond donors (Lipinski definition) is 2. The summed E-state index contributed by atoms with van der Waals surface area (Å²) in [5.41, 5.74) is 5.68. The maximum absolute atomic E-state index is 12.9. The van der Waals surface area contributed by atoms with Crippen LogP contribution in [0.3, 0.4) is 0 Å². The van der Waals surface area contributed by atoms with Crippen molar-refractivity contribution in [2.45, 2.75) is 58.8 Å². The van der Waals surface area contributed by atoms with Crippen LogP contribution in [-0.4, -0.2) is 70.0 Å². The predicted molar refractivity (Wildman–Crippen MR) is 152 cm³/mol. The number of nitrogens with zero attached hydrogens (tertiary/aromatic N) is 3. The molecule has 0 bridgehead atoms. The Morgan fingerprint density at radius 3 is 2.35 bits per heavy atom. The van der Waals surface area contributed by atoms with Gasteiger partial charge < -0.3 is 34.7 Å². The molecular weight excluding hydrogens is 540 g/mol. The number of carbonyl (C=O) groups excluding carboxylic acids is 2. The first-order chi connectivity index (χ1) is 18.6. The van der Waals surface area contributed by atoms with Crippen molar-refractivity contribution in [1.82, 2.24) is 14.7 Å². The van der Waals surface area contributed by atoms with Crippen LogP contribution in [0, 0.1) is 0 Å². The number of aromatic nitrogens is 2. The molecule has 0 aliphatic carbocycles. The minimum atomic E-state index is -1.04. The van der Waals surface area contributed by atoms with E-state index in [0.717, 1.165) is 4.68 Å². The number of rotatable bonds is 8. The van der Waals surface area contributed by atoms with Gasteiger partial charge in [0.15, 0.2) is 0 Å². The number of aliphatic hydroxyl groups excluding tert-OH is 1. The molecular formula is C28H37ClN4O7. The van der Waals surface area contributed by atoms with Gasteiger partial charge in [-0.3, -0.25) is 0 Å². The van der Waals surface area contributed by atoms with Crippen molar-refractivity contribution in [3.8, 4) is 11.6 Å². The van der Waals surface area contributed by atoms with Crippen molar-refractivity contribution in [2.75, 3.05) is 32.5 Å². The Kier molecular flexibility index (Phi) is 9.42. The Bertz CT molecular complexity index is 1360. The van der Waals surface area contributed by atoms with Gasteiger partial charge in [-0.15, -0.1) is 5.10 Å². The molecule has 12 heteroatoms. The fourth-order valence-corrected chi connectivity index (χ4v) is 3.81. The lowest BCUT2D eigenvalue weighted by atomic mass is 10.1. The molecule has 1 amide bonds. The molecule has 11 nitrogen and oxygen atoms in total. The van der Waals surface area contributed by atoms with Gasteiger partial charge in [0.2, 0.25) is 5.88 Å². The molecule has 0 aliphatic rings. The second kappa shape index (κ2) is 12.2. The first-order valence-corrected chi connectivity index (χ1v) is 13.1. The van der Waals surface area contributed by atoms with Crippen LogP contribution in [0.15, 0.2) is 36.4 Å². The number of methoxy groups -OCH3 is 1. The summed E-state index contributed by atoms with van der Waals surface area (Å²) in [6.45, 7) is 10.7. The van der Waals surface area contributed by atoms with E-state index in [4.69, 9.17) is 36.3 Å². The van der Waals surface area contributed by atoms with Gasteiger partial charge in [-0.2, -0.15) is 4.68 Å². The van der Waals surface area contributed by atoms with Crippen molar-refractivity contribution < 1.29 is 33.6 Å². The van der Waals surface area contributed by atoms with Crippen LogP contribution in [0.1, 0.15) is 53.2 Å². The fraction of sp³-hybridized carbons (Fsp3) is 0.464. The van der Waals surface area contributed by atoms with Gasteiger partial charge in [-0.05, 0) is 71.4 Å². The smallest absolute Gasteiger partial charge is 0.435 e. The minimum absolute atomic E-state index is 0.0674. The van der Waals surface area contributed by atoms with Gasteiger partial charge in [0.1, 0.15) is 23.6 Å². The number of benzene rings is 2. The number of anilines is 1. The third-order valence-corrected chi connectivity index (χ3v) is 5.80. The summed E-state index contributed by atoms with van der Waals surface area (Å²) in [5, 5.41) is 16.0. The molecule has 0 spiro atoms. The van der Waals surface area contributed by atoms with Gasteiger partial charge in [-0.1, -0.05) is 17.7 Å². The summed E-state index contributed by atoms with van der Waals surface area (Å²) >= 11 is 6.00. The van der Waals surface area contributed by atoms with Gasteiger partial charge in [0.05, 0.1) is 47.9 Å². The lowest BCUT2D eigenvalue weighted by molar-refractivity contribution is 0.0117. The first-order valence-electron chi connectivity index (χ1n) is 12.7. The predicted octanol–water partition coefficient (Wildman–Crippen LogP) is 5.41. The topological polar surface area (TPSA) is 138 Å². The highest BCUT2D eigenvalue weighted by Crippen LogP contribution is 2.29. The molecule has 1 aromatic heterocycles. The van der Waals surface area contributed by atoms with E-state index in [-0.39, 0.29) is 25.6 Å². The zero-order valence-corrected chi connectivity index (χ0v) is 24.6. The molecule has 40 heavy (non-hydrogen) atoms. The second-order valence-corrected chi connectivity index (χ2v) is 11.6. The van der Waals surface area contributed by atoms with Crippen LogP contribution in [0.25, 0.3) is 10.9 Å². The average molecular weight is 577 g/mol. The van der Waals surface area contributed by atoms with Crippen molar-refractivity contribution in [3.05, 3.63) is 47.0 Å². The Balaban J connectivity index is 1.78. The molecule has 0 unspecified atom stereocenters. The molecule has 0 saturated carbocycles. The number of nitrogen functional groups attached to an aromatic ring is 1. The molecule has 0 radical (unpaired) electrons. The maximum Gasteiger partial charge on any atom is 0.435 e. The zero-order chi connectivity index (χ0) is 29.8. The summed E-state index contributed by atoms with van der Waals surface area (Å²) in [7, 11) is 1.46. The maximum atomic E-state index is 12.9. The Morgan fingerprint density at radius 1 is 1.07 bits per heavy atom. The quantitative estimate of drug-likeness (QED) is 0.337. The molecule has 3 aromatic rings. The molecule has 3 rings (SSSR count). The number of carbonyl (C=O) groups is 2. The molecule has 1 atom stereocenters. The molecule has 218 valence electrons. The lowest BCUT2D eigenvalue weighted by Gasteiger charge is -2.29. The van der Waals surface area contributed by atoms with Gasteiger partial charge in [0, 0.05) is 6.07 Å². The van der Waals surface area contributed by atoms with Crippen LogP contribution in [0.4, 0.5) is 15.3 Å². The summed E-state index contributed by atoms with van der Waals surface area (Å²) in [5.74, 6) is 0.690. The summed E-state index contributed by atoms with van der Waals surface area (Å²) < 4.78 is 23.4. The zero-order valence-electron chi connectivity index (χ0n) is 23.9. The van der Waals surface area contributed by atoms with E-state index in [0.29, 0.717) is 32.9 Å². The van der Waals surface area contributed by atoms with Crippen LogP contribution in [0.5, 0.6) is 11.6 Å². The second-order valence-electron chi connectivity index (χ2n) is 11.2. The standard InChI is InChI=1S/C28H37ClN4O7/c1-27(2,3)39-25(35)32(16-23(34)17-8-11-20(29)21(30)14-17)12-13-38-18-9-10-19-22(15-18)33(31-24(19)37-7)26(36)40-28(4,5)6/h8-11,14-15,23,34H,12-13,16,30H2,1-7H3/t23-/m0/s1. The first kappa shape index (κ1) is 30.8. The third kappa shape index (κ3) is 8.15. The number of fused-ring (bicyclic) bond motifs is 1. The van der Waals surface area contributed by atoms with Crippen LogP contribution in [-0.2, 0) is 9.47 Å². The average Bonchev–Trinajstić information content (AvgIpc) is 3.21. The van der Waals surface area contributed by atoms with E-state index in [1.54, 1.807) is 77.9 Å². The van der Waals surface area contributed by atoms with Gasteiger partial charge >= 0.3 is 12.2 Å². The summed E-state index contributed by atoms with van der Waals surface area (Å²) in [6, 6.07) is 9.85. The Hall–Kier alpha value is -3.70. The van der Waals surface area contributed by atoms with Crippen molar-refractivity contribution in [2.24, 2.45) is 0 Å². The molecule has 1 heterocycles. The highest BCUT2D eigenvalue weighted by Gasteiger charge is 2.26. The highest BCUT2D eigenvalue weighted by molar-refractivity contribution is 6.33. The number of hydrogen-bond acceptors (Lipinski definition) is 9. The fourth-order valence-electron chi connectivity index (χ4n) is 3.69. The largest absolute Gasteiger partial charge is 0.492 e. The van der Waals surface area contributed by atoms with Crippen molar-refractivity contribution in [3.63, 3.8) is 0 Å². The molecule has 3 N–H and O–H groups in total. The molecule has 2 aromatic carbocycles. The highest BCUT2D eigenvalue weighted by atomic mass is 35.5. The summed E-state index contributed by atoms with van der Waals surface area (Å²) in [4.78, 5) is 27.1. The van der Waals surface area contributed by atoms with Gasteiger partial charge in [-0.25, -0.2) is 9.59 Å². The number of nitrogens with two attached hydrogens (primary N) is 1. The lowest BCUT2D eigenvalue weighted by Crippen LogP contribution is -2.41. The van der Waals surface area contributed by atoms with Crippen LogP contribution >= 0.6 is 11.6 Å². The van der Waals surface area contributed by atoms with Crippen molar-refractivity contribution >= 4 is 40.4 Å². The van der Waals surface area contributed by atoms with E-state index in [1.165, 1.54) is 12.0 Å². The summed E-state index contributed by atoms with van der Waals surface area (Å²) in [6.07, 6.45) is -2.31. The Morgan fingerprint density at radius 2 is 1.75 bits per heavy atom. The molecule has 0 fully saturated rings. The number of amides is 1. The Labute approximate surface area is 238 Å². The molecule has 0 saturated heterocycles. The van der Waals surface area contributed by atoms with E-state index in [2.05, 4.69) is 5.10 Å². The minimum Gasteiger partial charge on any atom is -0.492 e. The van der Waals surface area contributed by atoms with E-state index in [9.17, 15) is 14.7 Å². The molecule has 0 aliphatic heterocycles.